The highest BCUT2D eigenvalue weighted by molar-refractivity contribution is 6.30. The molecule has 0 bridgehead atoms. The van der Waals surface area contributed by atoms with E-state index >= 15 is 0 Å². The summed E-state index contributed by atoms with van der Waals surface area (Å²) in [5, 5.41) is 7.28. The summed E-state index contributed by atoms with van der Waals surface area (Å²) in [6.07, 6.45) is 1.52. The minimum atomic E-state index is -0.449. The van der Waals surface area contributed by atoms with Crippen molar-refractivity contribution in [2.24, 2.45) is 21.7 Å². The molecule has 0 unspecified atom stereocenters. The number of ether oxygens (including phenoxy) is 1. The first-order valence-electron chi connectivity index (χ1n) is 6.33. The van der Waals surface area contributed by atoms with Crippen molar-refractivity contribution in [2.75, 3.05) is 0 Å². The minimum absolute atomic E-state index is 0.0763. The van der Waals surface area contributed by atoms with E-state index in [1.807, 2.05) is 0 Å². The van der Waals surface area contributed by atoms with Crippen LogP contribution in [-0.2, 0) is 6.61 Å². The van der Waals surface area contributed by atoms with Crippen molar-refractivity contribution in [3.8, 4) is 5.75 Å². The Hall–Kier alpha value is -2.60. The van der Waals surface area contributed by atoms with E-state index in [9.17, 15) is 4.39 Å². The van der Waals surface area contributed by atoms with Gasteiger partial charge in [0.1, 0.15) is 18.2 Å². The molecule has 0 aliphatic heterocycles. The van der Waals surface area contributed by atoms with Gasteiger partial charge in [-0.05, 0) is 47.5 Å². The van der Waals surface area contributed by atoms with Gasteiger partial charge in [0, 0.05) is 0 Å². The standard InChI is InChI=1S/C15H14ClFN4O/c16-13-7-11(3-6-14(13)17)9-22-12-4-1-10(2-5-12)8-20-21-15(18)19/h1-8H,9H2,(H4,18,19,21). The summed E-state index contributed by atoms with van der Waals surface area (Å²) >= 11 is 5.71. The molecule has 2 rings (SSSR count). The van der Waals surface area contributed by atoms with Crippen LogP contribution in [0.15, 0.2) is 52.7 Å². The molecule has 4 N–H and O–H groups in total. The quantitative estimate of drug-likeness (QED) is 0.504. The van der Waals surface area contributed by atoms with Crippen molar-refractivity contribution in [1.29, 1.82) is 0 Å². The average molecular weight is 321 g/mol. The second kappa shape index (κ2) is 7.42. The molecule has 0 aliphatic rings. The predicted molar refractivity (Wildman–Crippen MR) is 85.6 cm³/mol. The van der Waals surface area contributed by atoms with Crippen molar-refractivity contribution in [2.45, 2.75) is 6.61 Å². The Bertz CT molecular complexity index is 697. The van der Waals surface area contributed by atoms with Crippen LogP contribution in [0.1, 0.15) is 11.1 Å². The Labute approximate surface area is 132 Å². The maximum absolute atomic E-state index is 13.0. The van der Waals surface area contributed by atoms with Crippen molar-refractivity contribution in [3.05, 3.63) is 64.4 Å². The Kier molecular flexibility index (Phi) is 5.32. The highest BCUT2D eigenvalue weighted by atomic mass is 35.5. The van der Waals surface area contributed by atoms with Crippen LogP contribution in [0, 0.1) is 5.82 Å². The van der Waals surface area contributed by atoms with Gasteiger partial charge in [0.15, 0.2) is 0 Å². The molecule has 0 saturated heterocycles. The van der Waals surface area contributed by atoms with Gasteiger partial charge in [0.05, 0.1) is 11.2 Å². The third-order valence-electron chi connectivity index (χ3n) is 2.65. The highest BCUT2D eigenvalue weighted by Crippen LogP contribution is 2.18. The third-order valence-corrected chi connectivity index (χ3v) is 2.94. The van der Waals surface area contributed by atoms with E-state index < -0.39 is 5.82 Å². The third kappa shape index (κ3) is 4.75. The molecule has 114 valence electrons. The number of hydrogen-bond acceptors (Lipinski definition) is 3. The Morgan fingerprint density at radius 1 is 1.18 bits per heavy atom. The fourth-order valence-corrected chi connectivity index (χ4v) is 1.81. The monoisotopic (exact) mass is 320 g/mol. The van der Waals surface area contributed by atoms with Crippen LogP contribution in [0.2, 0.25) is 5.02 Å². The number of hydrogen-bond donors (Lipinski definition) is 2. The highest BCUT2D eigenvalue weighted by Gasteiger charge is 2.02. The van der Waals surface area contributed by atoms with Gasteiger partial charge in [-0.3, -0.25) is 0 Å². The van der Waals surface area contributed by atoms with Crippen LogP contribution < -0.4 is 16.2 Å². The molecule has 0 heterocycles. The number of nitrogens with two attached hydrogens (primary N) is 2. The first-order valence-corrected chi connectivity index (χ1v) is 6.71. The number of rotatable bonds is 5. The Morgan fingerprint density at radius 3 is 2.55 bits per heavy atom. The molecule has 0 radical (unpaired) electrons. The first-order chi connectivity index (χ1) is 10.5. The Balaban J connectivity index is 1.95. The number of benzene rings is 2. The van der Waals surface area contributed by atoms with Crippen molar-refractivity contribution in [1.82, 2.24) is 0 Å². The topological polar surface area (TPSA) is 86.0 Å². The summed E-state index contributed by atoms with van der Waals surface area (Å²) < 4.78 is 18.6. The summed E-state index contributed by atoms with van der Waals surface area (Å²) in [6.45, 7) is 0.293. The van der Waals surface area contributed by atoms with E-state index in [1.54, 1.807) is 30.3 Å². The van der Waals surface area contributed by atoms with Gasteiger partial charge < -0.3 is 16.2 Å². The molecule has 0 fully saturated rings. The lowest BCUT2D eigenvalue weighted by Gasteiger charge is -2.07. The summed E-state index contributed by atoms with van der Waals surface area (Å²) in [5.41, 5.74) is 11.9. The molecular weight excluding hydrogens is 307 g/mol. The van der Waals surface area contributed by atoms with Gasteiger partial charge >= 0.3 is 0 Å². The van der Waals surface area contributed by atoms with Gasteiger partial charge in [-0.1, -0.05) is 17.7 Å². The van der Waals surface area contributed by atoms with Gasteiger partial charge in [0.25, 0.3) is 0 Å². The maximum atomic E-state index is 13.0. The van der Waals surface area contributed by atoms with E-state index in [0.717, 1.165) is 11.1 Å². The van der Waals surface area contributed by atoms with Crippen LogP contribution >= 0.6 is 11.6 Å². The molecule has 0 amide bonds. The maximum Gasteiger partial charge on any atom is 0.211 e. The summed E-state index contributed by atoms with van der Waals surface area (Å²) in [6, 6.07) is 11.6. The average Bonchev–Trinajstić information content (AvgIpc) is 2.49. The lowest BCUT2D eigenvalue weighted by atomic mass is 10.2. The molecule has 2 aromatic carbocycles. The largest absolute Gasteiger partial charge is 0.489 e. The molecule has 5 nitrogen and oxygen atoms in total. The van der Waals surface area contributed by atoms with Gasteiger partial charge in [-0.15, -0.1) is 5.10 Å². The molecule has 0 saturated carbocycles. The van der Waals surface area contributed by atoms with Crippen molar-refractivity contribution in [3.63, 3.8) is 0 Å². The Morgan fingerprint density at radius 2 is 1.91 bits per heavy atom. The first kappa shape index (κ1) is 15.8. The molecule has 0 aromatic heterocycles. The zero-order valence-electron chi connectivity index (χ0n) is 11.5. The van der Waals surface area contributed by atoms with Crippen LogP contribution in [0.4, 0.5) is 4.39 Å². The smallest absolute Gasteiger partial charge is 0.211 e. The fraction of sp³-hybridized carbons (Fsp3) is 0.0667. The lowest BCUT2D eigenvalue weighted by molar-refractivity contribution is 0.306. The summed E-state index contributed by atoms with van der Waals surface area (Å²) in [7, 11) is 0. The summed E-state index contributed by atoms with van der Waals surface area (Å²) in [4.78, 5) is 0. The van der Waals surface area contributed by atoms with Gasteiger partial charge in [-0.2, -0.15) is 5.10 Å². The van der Waals surface area contributed by atoms with E-state index in [2.05, 4.69) is 10.2 Å². The number of guanidine groups is 1. The molecule has 0 spiro atoms. The molecule has 2 aromatic rings. The second-order valence-electron chi connectivity index (χ2n) is 4.38. The van der Waals surface area contributed by atoms with Crippen LogP contribution in [-0.4, -0.2) is 12.2 Å². The van der Waals surface area contributed by atoms with Crippen LogP contribution in [0.3, 0.4) is 0 Å². The van der Waals surface area contributed by atoms with E-state index in [0.29, 0.717) is 12.4 Å². The van der Waals surface area contributed by atoms with Crippen LogP contribution in [0.5, 0.6) is 5.75 Å². The zero-order valence-corrected chi connectivity index (χ0v) is 12.3. The summed E-state index contributed by atoms with van der Waals surface area (Å²) in [5.74, 6) is 0.114. The number of nitrogens with zero attached hydrogens (tertiary/aromatic N) is 2. The van der Waals surface area contributed by atoms with Crippen molar-refractivity contribution >= 4 is 23.8 Å². The van der Waals surface area contributed by atoms with Crippen molar-refractivity contribution < 1.29 is 9.13 Å². The van der Waals surface area contributed by atoms with E-state index in [-0.39, 0.29) is 11.0 Å². The zero-order chi connectivity index (χ0) is 15.9. The number of halogens is 2. The van der Waals surface area contributed by atoms with Gasteiger partial charge in [-0.25, -0.2) is 4.39 Å². The molecule has 7 heteroatoms. The van der Waals surface area contributed by atoms with E-state index in [1.165, 1.54) is 18.3 Å². The SMILES string of the molecule is NC(N)=NN=Cc1ccc(OCc2ccc(F)c(Cl)c2)cc1. The van der Waals surface area contributed by atoms with E-state index in [4.69, 9.17) is 27.8 Å². The fourth-order valence-electron chi connectivity index (χ4n) is 1.61. The molecule has 0 aliphatic carbocycles. The normalized spacial score (nSPS) is 10.6. The van der Waals surface area contributed by atoms with Gasteiger partial charge in [0.2, 0.25) is 5.96 Å². The lowest BCUT2D eigenvalue weighted by Crippen LogP contribution is -2.21. The second-order valence-corrected chi connectivity index (χ2v) is 4.78. The predicted octanol–water partition coefficient (Wildman–Crippen LogP) is 2.67. The molecular formula is C15H14ClFN4O. The molecule has 0 atom stereocenters. The molecule has 22 heavy (non-hydrogen) atoms. The van der Waals surface area contributed by atoms with Crippen LogP contribution in [0.25, 0.3) is 0 Å². The minimum Gasteiger partial charge on any atom is -0.489 e.